The van der Waals surface area contributed by atoms with Crippen molar-refractivity contribution >= 4 is 11.9 Å². The third-order valence-corrected chi connectivity index (χ3v) is 3.56. The summed E-state index contributed by atoms with van der Waals surface area (Å²) in [5.74, 6) is -1.01. The Morgan fingerprint density at radius 1 is 1.24 bits per heavy atom. The number of rotatable bonds is 8. The monoisotopic (exact) mass is 292 g/mol. The van der Waals surface area contributed by atoms with Gasteiger partial charge in [-0.25, -0.2) is 0 Å². The van der Waals surface area contributed by atoms with E-state index in [9.17, 15) is 9.59 Å². The molecule has 1 rings (SSSR count). The molecule has 5 nitrogen and oxygen atoms in total. The molecule has 0 saturated heterocycles. The summed E-state index contributed by atoms with van der Waals surface area (Å²) in [7, 11) is 0. The van der Waals surface area contributed by atoms with Crippen LogP contribution >= 0.6 is 0 Å². The summed E-state index contributed by atoms with van der Waals surface area (Å²) in [6.45, 7) is 4.49. The van der Waals surface area contributed by atoms with Crippen LogP contribution < -0.4 is 11.1 Å². The number of hydrogen-bond acceptors (Lipinski definition) is 3. The van der Waals surface area contributed by atoms with Crippen molar-refractivity contribution in [3.8, 4) is 0 Å². The lowest BCUT2D eigenvalue weighted by atomic mass is 9.84. The van der Waals surface area contributed by atoms with Gasteiger partial charge >= 0.3 is 5.97 Å². The summed E-state index contributed by atoms with van der Waals surface area (Å²) < 4.78 is 0. The molecule has 1 amide bonds. The Balaban J connectivity index is 2.38. The van der Waals surface area contributed by atoms with Crippen molar-refractivity contribution in [1.82, 2.24) is 5.32 Å². The van der Waals surface area contributed by atoms with E-state index in [-0.39, 0.29) is 17.7 Å². The zero-order chi connectivity index (χ0) is 15.9. The van der Waals surface area contributed by atoms with E-state index >= 15 is 0 Å². The number of amides is 1. The number of nitrogens with one attached hydrogen (secondary N) is 1. The largest absolute Gasteiger partial charge is 0.481 e. The molecule has 1 aromatic rings. The molecule has 0 heterocycles. The van der Waals surface area contributed by atoms with Gasteiger partial charge < -0.3 is 16.2 Å². The quantitative estimate of drug-likeness (QED) is 0.684. The molecule has 5 heteroatoms. The standard InChI is InChI=1S/C16H24N2O3/c1-16(2,9-8-13(19)20)10-11-18-15(21)14(17)12-6-4-3-5-7-12/h3-7,14H,8-11,17H2,1-2H3,(H,18,21)(H,19,20)/t14-/m0/s1. The van der Waals surface area contributed by atoms with Crippen LogP contribution in [0.3, 0.4) is 0 Å². The average molecular weight is 292 g/mol. The van der Waals surface area contributed by atoms with Crippen LogP contribution in [-0.4, -0.2) is 23.5 Å². The van der Waals surface area contributed by atoms with E-state index < -0.39 is 12.0 Å². The van der Waals surface area contributed by atoms with Gasteiger partial charge in [0, 0.05) is 13.0 Å². The van der Waals surface area contributed by atoms with Crippen LogP contribution in [0.5, 0.6) is 0 Å². The van der Waals surface area contributed by atoms with Crippen LogP contribution in [-0.2, 0) is 9.59 Å². The Morgan fingerprint density at radius 3 is 2.43 bits per heavy atom. The Labute approximate surface area is 125 Å². The molecule has 0 bridgehead atoms. The maximum atomic E-state index is 12.0. The first-order chi connectivity index (χ1) is 9.82. The molecular weight excluding hydrogens is 268 g/mol. The highest BCUT2D eigenvalue weighted by molar-refractivity contribution is 5.82. The van der Waals surface area contributed by atoms with Gasteiger partial charge in [-0.3, -0.25) is 9.59 Å². The van der Waals surface area contributed by atoms with Gasteiger partial charge in [0.05, 0.1) is 0 Å². The van der Waals surface area contributed by atoms with Gasteiger partial charge in [-0.2, -0.15) is 0 Å². The van der Waals surface area contributed by atoms with Crippen LogP contribution in [0.25, 0.3) is 0 Å². The molecule has 0 aliphatic rings. The summed E-state index contributed by atoms with van der Waals surface area (Å²) in [5, 5.41) is 11.5. The summed E-state index contributed by atoms with van der Waals surface area (Å²) in [6, 6.07) is 8.53. The lowest BCUT2D eigenvalue weighted by Gasteiger charge is -2.24. The van der Waals surface area contributed by atoms with Gasteiger partial charge in [-0.1, -0.05) is 44.2 Å². The highest BCUT2D eigenvalue weighted by atomic mass is 16.4. The lowest BCUT2D eigenvalue weighted by Crippen LogP contribution is -2.36. The highest BCUT2D eigenvalue weighted by Gasteiger charge is 2.20. The molecule has 0 saturated carbocycles. The summed E-state index contributed by atoms with van der Waals surface area (Å²) >= 11 is 0. The molecule has 1 atom stereocenters. The van der Waals surface area contributed by atoms with Crippen molar-refractivity contribution < 1.29 is 14.7 Å². The van der Waals surface area contributed by atoms with E-state index in [4.69, 9.17) is 10.8 Å². The number of carboxylic acid groups (broad SMARTS) is 1. The van der Waals surface area contributed by atoms with E-state index in [1.807, 2.05) is 44.2 Å². The third-order valence-electron chi connectivity index (χ3n) is 3.56. The van der Waals surface area contributed by atoms with Gasteiger partial charge in [0.25, 0.3) is 0 Å². The number of benzene rings is 1. The third kappa shape index (κ3) is 6.40. The molecule has 0 spiro atoms. The van der Waals surface area contributed by atoms with Gasteiger partial charge in [-0.15, -0.1) is 0 Å². The zero-order valence-electron chi connectivity index (χ0n) is 12.6. The van der Waals surface area contributed by atoms with Crippen LogP contribution in [0.2, 0.25) is 0 Å². The van der Waals surface area contributed by atoms with Crippen molar-refractivity contribution in [3.63, 3.8) is 0 Å². The van der Waals surface area contributed by atoms with E-state index in [1.54, 1.807) is 0 Å². The lowest BCUT2D eigenvalue weighted by molar-refractivity contribution is -0.137. The minimum Gasteiger partial charge on any atom is -0.481 e. The van der Waals surface area contributed by atoms with Crippen LogP contribution in [0.4, 0.5) is 0 Å². The van der Waals surface area contributed by atoms with Crippen molar-refractivity contribution in [3.05, 3.63) is 35.9 Å². The topological polar surface area (TPSA) is 92.4 Å². The number of nitrogens with two attached hydrogens (primary N) is 1. The minimum absolute atomic E-state index is 0.123. The molecule has 0 unspecified atom stereocenters. The maximum Gasteiger partial charge on any atom is 0.303 e. The van der Waals surface area contributed by atoms with E-state index in [1.165, 1.54) is 0 Å². The Morgan fingerprint density at radius 2 is 1.86 bits per heavy atom. The van der Waals surface area contributed by atoms with E-state index in [2.05, 4.69) is 5.32 Å². The van der Waals surface area contributed by atoms with Crippen LogP contribution in [0, 0.1) is 5.41 Å². The number of aliphatic carboxylic acids is 1. The van der Waals surface area contributed by atoms with Crippen molar-refractivity contribution in [2.75, 3.05) is 6.54 Å². The first-order valence-electron chi connectivity index (χ1n) is 7.12. The summed E-state index contributed by atoms with van der Waals surface area (Å²) in [4.78, 5) is 22.6. The zero-order valence-corrected chi connectivity index (χ0v) is 12.6. The predicted octanol–water partition coefficient (Wildman–Crippen LogP) is 2.08. The smallest absolute Gasteiger partial charge is 0.303 e. The normalized spacial score (nSPS) is 12.7. The van der Waals surface area contributed by atoms with Gasteiger partial charge in [0.1, 0.15) is 6.04 Å². The van der Waals surface area contributed by atoms with Gasteiger partial charge in [-0.05, 0) is 23.8 Å². The first kappa shape index (κ1) is 17.2. The second-order valence-electron chi connectivity index (χ2n) is 5.99. The summed E-state index contributed by atoms with van der Waals surface area (Å²) in [6.07, 6.45) is 1.45. The molecular formula is C16H24N2O3. The molecule has 116 valence electrons. The number of carbonyl (C=O) groups excluding carboxylic acids is 1. The number of hydrogen-bond donors (Lipinski definition) is 3. The molecule has 4 N–H and O–H groups in total. The molecule has 0 fully saturated rings. The van der Waals surface area contributed by atoms with Crippen LogP contribution in [0.1, 0.15) is 44.7 Å². The first-order valence-corrected chi connectivity index (χ1v) is 7.12. The second kappa shape index (κ2) is 7.78. The molecule has 0 radical (unpaired) electrons. The van der Waals surface area contributed by atoms with E-state index in [0.717, 1.165) is 5.56 Å². The molecule has 0 aliphatic carbocycles. The van der Waals surface area contributed by atoms with Crippen molar-refractivity contribution in [1.29, 1.82) is 0 Å². The van der Waals surface area contributed by atoms with E-state index in [0.29, 0.717) is 19.4 Å². The SMILES string of the molecule is CC(C)(CCNC(=O)[C@@H](N)c1ccccc1)CCC(=O)O. The molecule has 0 aliphatic heterocycles. The molecule has 1 aromatic carbocycles. The Bertz CT molecular complexity index is 472. The fraction of sp³-hybridized carbons (Fsp3) is 0.500. The molecule has 21 heavy (non-hydrogen) atoms. The fourth-order valence-electron chi connectivity index (χ4n) is 2.02. The second-order valence-corrected chi connectivity index (χ2v) is 5.99. The highest BCUT2D eigenvalue weighted by Crippen LogP contribution is 2.26. The van der Waals surface area contributed by atoms with Crippen LogP contribution in [0.15, 0.2) is 30.3 Å². The number of carboxylic acids is 1. The Hall–Kier alpha value is -1.88. The minimum atomic E-state index is -0.793. The Kier molecular flexibility index (Phi) is 6.37. The number of carbonyl (C=O) groups is 2. The van der Waals surface area contributed by atoms with Crippen molar-refractivity contribution in [2.45, 2.75) is 39.2 Å². The predicted molar refractivity (Wildman–Crippen MR) is 81.6 cm³/mol. The van der Waals surface area contributed by atoms with Gasteiger partial charge in [0.2, 0.25) is 5.91 Å². The maximum absolute atomic E-state index is 12.0. The van der Waals surface area contributed by atoms with Gasteiger partial charge in [0.15, 0.2) is 0 Å². The fourth-order valence-corrected chi connectivity index (χ4v) is 2.02. The van der Waals surface area contributed by atoms with Crippen molar-refractivity contribution in [2.24, 2.45) is 11.1 Å². The molecule has 0 aromatic heterocycles. The summed E-state index contributed by atoms with van der Waals surface area (Å²) in [5.41, 5.74) is 6.55. The average Bonchev–Trinajstić information content (AvgIpc) is 2.45.